The van der Waals surface area contributed by atoms with Gasteiger partial charge in [-0.25, -0.2) is 0 Å². The average molecular weight is 257 g/mol. The Balaban J connectivity index is 1.94. The minimum absolute atomic E-state index is 0.591. The van der Waals surface area contributed by atoms with Crippen molar-refractivity contribution in [1.82, 2.24) is 9.78 Å². The van der Waals surface area contributed by atoms with Gasteiger partial charge in [-0.15, -0.1) is 0 Å². The summed E-state index contributed by atoms with van der Waals surface area (Å²) in [4.78, 5) is 0. The molecule has 3 heteroatoms. The monoisotopic (exact) mass is 257 g/mol. The number of aryl methyl sites for hydroxylation is 2. The van der Waals surface area contributed by atoms with E-state index in [1.807, 2.05) is 6.20 Å². The fourth-order valence-corrected chi connectivity index (χ4v) is 2.42. The van der Waals surface area contributed by atoms with Crippen molar-refractivity contribution in [3.8, 4) is 0 Å². The zero-order valence-electron chi connectivity index (χ0n) is 11.7. The fraction of sp³-hybridized carbons (Fsp3) is 0.438. The Kier molecular flexibility index (Phi) is 5.16. The van der Waals surface area contributed by atoms with Crippen LogP contribution in [0.3, 0.4) is 0 Å². The highest BCUT2D eigenvalue weighted by molar-refractivity contribution is 5.18. The molecule has 3 nitrogen and oxygen atoms in total. The molecule has 0 amide bonds. The van der Waals surface area contributed by atoms with E-state index in [0.29, 0.717) is 6.54 Å². The smallest absolute Gasteiger partial charge is 0.0537 e. The van der Waals surface area contributed by atoms with Crippen LogP contribution in [0.5, 0.6) is 0 Å². The van der Waals surface area contributed by atoms with E-state index in [0.717, 1.165) is 32.2 Å². The molecule has 0 radical (unpaired) electrons. The van der Waals surface area contributed by atoms with Crippen molar-refractivity contribution in [2.75, 3.05) is 0 Å². The molecule has 0 aliphatic rings. The summed E-state index contributed by atoms with van der Waals surface area (Å²) >= 11 is 0. The molecule has 1 aromatic carbocycles. The van der Waals surface area contributed by atoms with Crippen molar-refractivity contribution in [1.29, 1.82) is 0 Å². The first-order chi connectivity index (χ1) is 9.35. The Morgan fingerprint density at radius 3 is 2.63 bits per heavy atom. The zero-order chi connectivity index (χ0) is 13.5. The summed E-state index contributed by atoms with van der Waals surface area (Å²) in [6.07, 6.45) is 6.35. The molecule has 1 heterocycles. The summed E-state index contributed by atoms with van der Waals surface area (Å²) in [5.41, 5.74) is 9.67. The summed E-state index contributed by atoms with van der Waals surface area (Å²) in [6, 6.07) is 10.6. The molecule has 2 rings (SSSR count). The van der Waals surface area contributed by atoms with E-state index in [2.05, 4.69) is 47.0 Å². The molecule has 0 aliphatic carbocycles. The molecule has 2 N–H and O–H groups in total. The Hall–Kier alpha value is -1.61. The van der Waals surface area contributed by atoms with Crippen LogP contribution in [-0.2, 0) is 25.9 Å². The molecule has 2 aromatic rings. The lowest BCUT2D eigenvalue weighted by molar-refractivity contribution is 0.550. The number of nitrogens with zero attached hydrogens (tertiary/aromatic N) is 2. The van der Waals surface area contributed by atoms with Crippen LogP contribution in [0.1, 0.15) is 36.6 Å². The third-order valence-electron chi connectivity index (χ3n) is 3.42. The first-order valence-electron chi connectivity index (χ1n) is 7.12. The average Bonchev–Trinajstić information content (AvgIpc) is 2.83. The lowest BCUT2D eigenvalue weighted by Gasteiger charge is -2.08. The van der Waals surface area contributed by atoms with Crippen LogP contribution in [0.2, 0.25) is 0 Å². The topological polar surface area (TPSA) is 43.8 Å². The maximum atomic E-state index is 5.76. The quantitative estimate of drug-likeness (QED) is 0.828. The van der Waals surface area contributed by atoms with Crippen molar-refractivity contribution in [3.05, 3.63) is 53.3 Å². The minimum Gasteiger partial charge on any atom is -0.326 e. The second kappa shape index (κ2) is 7.10. The van der Waals surface area contributed by atoms with Gasteiger partial charge in [0.05, 0.1) is 6.20 Å². The Morgan fingerprint density at radius 2 is 1.95 bits per heavy atom. The van der Waals surface area contributed by atoms with E-state index in [1.54, 1.807) is 0 Å². The molecule has 0 fully saturated rings. The lowest BCUT2D eigenvalue weighted by atomic mass is 10.1. The summed E-state index contributed by atoms with van der Waals surface area (Å²) in [6.45, 7) is 3.76. The van der Waals surface area contributed by atoms with Crippen molar-refractivity contribution < 1.29 is 0 Å². The normalized spacial score (nSPS) is 10.8. The first-order valence-corrected chi connectivity index (χ1v) is 7.12. The molecule has 0 atom stereocenters. The molecule has 0 unspecified atom stereocenters. The van der Waals surface area contributed by atoms with Crippen molar-refractivity contribution >= 4 is 0 Å². The highest BCUT2D eigenvalue weighted by Gasteiger charge is 2.08. The van der Waals surface area contributed by atoms with Gasteiger partial charge in [0.2, 0.25) is 0 Å². The summed E-state index contributed by atoms with van der Waals surface area (Å²) < 4.78 is 2.13. The van der Waals surface area contributed by atoms with E-state index in [9.17, 15) is 0 Å². The maximum Gasteiger partial charge on any atom is 0.0537 e. The van der Waals surface area contributed by atoms with Gasteiger partial charge in [-0.3, -0.25) is 4.68 Å². The molecule has 0 saturated heterocycles. The Bertz CT molecular complexity index is 488. The van der Waals surface area contributed by atoms with E-state index in [4.69, 9.17) is 5.73 Å². The van der Waals surface area contributed by atoms with Gasteiger partial charge in [-0.1, -0.05) is 43.7 Å². The molecule has 102 valence electrons. The number of nitrogens with two attached hydrogens (primary N) is 1. The van der Waals surface area contributed by atoms with Crippen LogP contribution in [0, 0.1) is 0 Å². The number of benzene rings is 1. The number of hydrogen-bond acceptors (Lipinski definition) is 2. The van der Waals surface area contributed by atoms with Gasteiger partial charge in [-0.2, -0.15) is 5.10 Å². The molecule has 0 saturated carbocycles. The zero-order valence-corrected chi connectivity index (χ0v) is 11.7. The Morgan fingerprint density at radius 1 is 1.16 bits per heavy atom. The SMILES string of the molecule is CCCc1c(CN)cnn1CCCc1ccccc1. The maximum absolute atomic E-state index is 5.76. The summed E-state index contributed by atoms with van der Waals surface area (Å²) in [7, 11) is 0. The van der Waals surface area contributed by atoms with Crippen LogP contribution < -0.4 is 5.73 Å². The van der Waals surface area contributed by atoms with E-state index >= 15 is 0 Å². The second-order valence-corrected chi connectivity index (χ2v) is 4.88. The van der Waals surface area contributed by atoms with Gasteiger partial charge in [0.25, 0.3) is 0 Å². The molecule has 0 aliphatic heterocycles. The number of aromatic nitrogens is 2. The van der Waals surface area contributed by atoms with Crippen LogP contribution >= 0.6 is 0 Å². The van der Waals surface area contributed by atoms with E-state index < -0.39 is 0 Å². The van der Waals surface area contributed by atoms with Crippen molar-refractivity contribution in [2.24, 2.45) is 5.73 Å². The lowest BCUT2D eigenvalue weighted by Crippen LogP contribution is -2.08. The van der Waals surface area contributed by atoms with Crippen molar-refractivity contribution in [2.45, 2.75) is 45.7 Å². The van der Waals surface area contributed by atoms with Crippen LogP contribution in [0.25, 0.3) is 0 Å². The standard InChI is InChI=1S/C16H23N3/c1-2-7-16-15(12-17)13-18-19(16)11-6-10-14-8-4-3-5-9-14/h3-5,8-9,13H,2,6-7,10-12,17H2,1H3. The molecule has 1 aromatic heterocycles. The minimum atomic E-state index is 0.591. The second-order valence-electron chi connectivity index (χ2n) is 4.88. The van der Waals surface area contributed by atoms with Gasteiger partial charge in [0, 0.05) is 24.3 Å². The van der Waals surface area contributed by atoms with Gasteiger partial charge in [-0.05, 0) is 24.8 Å². The number of rotatable bonds is 7. The third-order valence-corrected chi connectivity index (χ3v) is 3.42. The van der Waals surface area contributed by atoms with Crippen LogP contribution in [0.4, 0.5) is 0 Å². The molecule has 19 heavy (non-hydrogen) atoms. The predicted octanol–water partition coefficient (Wildman–Crippen LogP) is 2.93. The van der Waals surface area contributed by atoms with Crippen LogP contribution in [-0.4, -0.2) is 9.78 Å². The largest absolute Gasteiger partial charge is 0.326 e. The summed E-state index contributed by atoms with van der Waals surface area (Å²) in [5.74, 6) is 0. The Labute approximate surface area is 115 Å². The molecule has 0 spiro atoms. The van der Waals surface area contributed by atoms with E-state index in [-0.39, 0.29) is 0 Å². The highest BCUT2D eigenvalue weighted by Crippen LogP contribution is 2.12. The molecular weight excluding hydrogens is 234 g/mol. The highest BCUT2D eigenvalue weighted by atomic mass is 15.3. The predicted molar refractivity (Wildman–Crippen MR) is 78.9 cm³/mol. The van der Waals surface area contributed by atoms with Crippen LogP contribution in [0.15, 0.2) is 36.5 Å². The fourth-order valence-electron chi connectivity index (χ4n) is 2.42. The van der Waals surface area contributed by atoms with Gasteiger partial charge in [0.15, 0.2) is 0 Å². The molecular formula is C16H23N3. The van der Waals surface area contributed by atoms with E-state index in [1.165, 1.54) is 16.8 Å². The van der Waals surface area contributed by atoms with Crippen molar-refractivity contribution in [3.63, 3.8) is 0 Å². The summed E-state index contributed by atoms with van der Waals surface area (Å²) in [5, 5.41) is 4.47. The van der Waals surface area contributed by atoms with Gasteiger partial charge < -0.3 is 5.73 Å². The first kappa shape index (κ1) is 13.8. The van der Waals surface area contributed by atoms with Gasteiger partial charge in [0.1, 0.15) is 0 Å². The number of hydrogen-bond donors (Lipinski definition) is 1. The van der Waals surface area contributed by atoms with Gasteiger partial charge >= 0.3 is 0 Å². The third kappa shape index (κ3) is 3.67. The molecule has 0 bridgehead atoms.